The van der Waals surface area contributed by atoms with Crippen LogP contribution in [0.2, 0.25) is 0 Å². The van der Waals surface area contributed by atoms with Crippen LogP contribution >= 0.6 is 0 Å². The number of aryl methyl sites for hydroxylation is 1. The van der Waals surface area contributed by atoms with Crippen LogP contribution in [0.25, 0.3) is 0 Å². The highest BCUT2D eigenvalue weighted by atomic mass is 16.5. The van der Waals surface area contributed by atoms with Crippen molar-refractivity contribution >= 4 is 6.29 Å². The SMILES string of the molecule is Cc1ccc2c(c1)CC(C)(C=O)O2. The number of fused-ring (bicyclic) bond motifs is 1. The Bertz CT molecular complexity index is 357. The largest absolute Gasteiger partial charge is 0.479 e. The van der Waals surface area contributed by atoms with Gasteiger partial charge in [-0.3, -0.25) is 4.79 Å². The van der Waals surface area contributed by atoms with Crippen molar-refractivity contribution in [3.8, 4) is 5.75 Å². The number of ether oxygens (including phenoxy) is 1. The third-order valence-electron chi connectivity index (χ3n) is 2.35. The third-order valence-corrected chi connectivity index (χ3v) is 2.35. The summed E-state index contributed by atoms with van der Waals surface area (Å²) in [5.74, 6) is 0.847. The molecule has 0 saturated heterocycles. The van der Waals surface area contributed by atoms with Crippen molar-refractivity contribution in [2.24, 2.45) is 0 Å². The molecule has 0 saturated carbocycles. The lowest BCUT2D eigenvalue weighted by Crippen LogP contribution is -2.31. The van der Waals surface area contributed by atoms with Crippen LogP contribution in [0.15, 0.2) is 18.2 Å². The molecule has 1 aromatic carbocycles. The number of benzene rings is 1. The fourth-order valence-electron chi connectivity index (χ4n) is 1.68. The normalized spacial score (nSPS) is 25.1. The van der Waals surface area contributed by atoms with Crippen molar-refractivity contribution < 1.29 is 9.53 Å². The summed E-state index contributed by atoms with van der Waals surface area (Å²) in [7, 11) is 0. The molecule has 2 heteroatoms. The van der Waals surface area contributed by atoms with Gasteiger partial charge in [-0.15, -0.1) is 0 Å². The van der Waals surface area contributed by atoms with Gasteiger partial charge >= 0.3 is 0 Å². The lowest BCUT2D eigenvalue weighted by molar-refractivity contribution is -0.118. The molecule has 2 nitrogen and oxygen atoms in total. The Labute approximate surface area is 77.5 Å². The first kappa shape index (κ1) is 8.30. The van der Waals surface area contributed by atoms with Crippen LogP contribution in [0, 0.1) is 6.92 Å². The summed E-state index contributed by atoms with van der Waals surface area (Å²) >= 11 is 0. The molecular formula is C11H12O2. The molecule has 1 aromatic rings. The Morgan fingerprint density at radius 2 is 2.31 bits per heavy atom. The predicted octanol–water partition coefficient (Wildman–Crippen LogP) is 1.89. The summed E-state index contributed by atoms with van der Waals surface area (Å²) in [6.45, 7) is 3.85. The molecule has 68 valence electrons. The van der Waals surface area contributed by atoms with E-state index in [-0.39, 0.29) is 0 Å². The molecule has 1 aliphatic heterocycles. The van der Waals surface area contributed by atoms with Crippen LogP contribution < -0.4 is 4.74 Å². The fraction of sp³-hybridized carbons (Fsp3) is 0.364. The quantitative estimate of drug-likeness (QED) is 0.611. The number of hydrogen-bond donors (Lipinski definition) is 0. The predicted molar refractivity (Wildman–Crippen MR) is 50.0 cm³/mol. The number of aldehydes is 1. The molecule has 0 radical (unpaired) electrons. The third kappa shape index (κ3) is 1.32. The van der Waals surface area contributed by atoms with Crippen LogP contribution in [0.5, 0.6) is 5.75 Å². The van der Waals surface area contributed by atoms with Crippen molar-refractivity contribution in [1.82, 2.24) is 0 Å². The average molecular weight is 176 g/mol. The number of carbonyl (C=O) groups excluding carboxylic acids is 1. The summed E-state index contributed by atoms with van der Waals surface area (Å²) in [5, 5.41) is 0. The van der Waals surface area contributed by atoms with Gasteiger partial charge in [-0.1, -0.05) is 17.7 Å². The zero-order chi connectivity index (χ0) is 9.47. The van der Waals surface area contributed by atoms with Gasteiger partial charge in [-0.05, 0) is 25.5 Å². The molecule has 0 amide bonds. The minimum atomic E-state index is -0.643. The first-order valence-corrected chi connectivity index (χ1v) is 4.38. The summed E-state index contributed by atoms with van der Waals surface area (Å²) in [4.78, 5) is 10.8. The Hall–Kier alpha value is -1.31. The first-order valence-electron chi connectivity index (χ1n) is 4.38. The van der Waals surface area contributed by atoms with Crippen molar-refractivity contribution in [2.75, 3.05) is 0 Å². The molecule has 13 heavy (non-hydrogen) atoms. The minimum absolute atomic E-state index is 0.643. The van der Waals surface area contributed by atoms with E-state index >= 15 is 0 Å². The highest BCUT2D eigenvalue weighted by molar-refractivity contribution is 5.66. The van der Waals surface area contributed by atoms with E-state index in [4.69, 9.17) is 4.74 Å². The van der Waals surface area contributed by atoms with Gasteiger partial charge in [0.15, 0.2) is 11.9 Å². The smallest absolute Gasteiger partial charge is 0.165 e. The van der Waals surface area contributed by atoms with Crippen molar-refractivity contribution in [3.05, 3.63) is 29.3 Å². The van der Waals surface area contributed by atoms with E-state index in [1.807, 2.05) is 26.0 Å². The van der Waals surface area contributed by atoms with Gasteiger partial charge in [-0.25, -0.2) is 0 Å². The van der Waals surface area contributed by atoms with Gasteiger partial charge in [-0.2, -0.15) is 0 Å². The van der Waals surface area contributed by atoms with E-state index in [1.165, 1.54) is 5.56 Å². The van der Waals surface area contributed by atoms with E-state index in [1.54, 1.807) is 0 Å². The second-order valence-corrected chi connectivity index (χ2v) is 3.82. The van der Waals surface area contributed by atoms with Gasteiger partial charge in [0.2, 0.25) is 0 Å². The minimum Gasteiger partial charge on any atom is -0.479 e. The number of carbonyl (C=O) groups is 1. The van der Waals surface area contributed by atoms with Crippen molar-refractivity contribution in [1.29, 1.82) is 0 Å². The molecule has 0 bridgehead atoms. The zero-order valence-corrected chi connectivity index (χ0v) is 7.83. The maximum absolute atomic E-state index is 10.8. The Morgan fingerprint density at radius 3 is 3.00 bits per heavy atom. The number of rotatable bonds is 1. The topological polar surface area (TPSA) is 26.3 Å². The molecule has 1 aliphatic rings. The lowest BCUT2D eigenvalue weighted by atomic mass is 10.0. The lowest BCUT2D eigenvalue weighted by Gasteiger charge is -2.14. The second-order valence-electron chi connectivity index (χ2n) is 3.82. The Balaban J connectivity index is 2.40. The monoisotopic (exact) mass is 176 g/mol. The molecule has 1 heterocycles. The van der Waals surface area contributed by atoms with Crippen LogP contribution in [0.1, 0.15) is 18.1 Å². The van der Waals surface area contributed by atoms with Crippen LogP contribution in [-0.4, -0.2) is 11.9 Å². The van der Waals surface area contributed by atoms with E-state index < -0.39 is 5.60 Å². The van der Waals surface area contributed by atoms with E-state index in [2.05, 4.69) is 6.07 Å². The zero-order valence-electron chi connectivity index (χ0n) is 7.83. The molecule has 0 fully saturated rings. The summed E-state index contributed by atoms with van der Waals surface area (Å²) in [6.07, 6.45) is 1.57. The fourth-order valence-corrected chi connectivity index (χ4v) is 1.68. The average Bonchev–Trinajstić information content (AvgIpc) is 2.42. The van der Waals surface area contributed by atoms with Crippen molar-refractivity contribution in [3.63, 3.8) is 0 Å². The molecule has 1 unspecified atom stereocenters. The maximum Gasteiger partial charge on any atom is 0.165 e. The Morgan fingerprint density at radius 1 is 1.54 bits per heavy atom. The molecule has 2 rings (SSSR count). The van der Waals surface area contributed by atoms with E-state index in [0.717, 1.165) is 17.6 Å². The standard InChI is InChI=1S/C11H12O2/c1-8-3-4-10-9(5-8)6-11(2,7-12)13-10/h3-5,7H,6H2,1-2H3. The van der Waals surface area contributed by atoms with Gasteiger partial charge in [0.05, 0.1) is 0 Å². The maximum atomic E-state index is 10.8. The second kappa shape index (κ2) is 2.59. The van der Waals surface area contributed by atoms with E-state index in [9.17, 15) is 4.79 Å². The van der Waals surface area contributed by atoms with Crippen LogP contribution in [-0.2, 0) is 11.2 Å². The highest BCUT2D eigenvalue weighted by Crippen LogP contribution is 2.34. The molecule has 0 spiro atoms. The van der Waals surface area contributed by atoms with Crippen LogP contribution in [0.4, 0.5) is 0 Å². The summed E-state index contributed by atoms with van der Waals surface area (Å²) < 4.78 is 5.53. The van der Waals surface area contributed by atoms with Gasteiger partial charge in [0.1, 0.15) is 5.75 Å². The van der Waals surface area contributed by atoms with Gasteiger partial charge in [0.25, 0.3) is 0 Å². The van der Waals surface area contributed by atoms with Gasteiger partial charge in [0, 0.05) is 6.42 Å². The van der Waals surface area contributed by atoms with Crippen molar-refractivity contribution in [2.45, 2.75) is 25.9 Å². The molecule has 0 aromatic heterocycles. The molecule has 0 aliphatic carbocycles. The molecule has 0 N–H and O–H groups in total. The Kier molecular flexibility index (Phi) is 1.65. The molecule has 1 atom stereocenters. The summed E-state index contributed by atoms with van der Waals surface area (Å²) in [6, 6.07) is 6.00. The first-order chi connectivity index (χ1) is 6.13. The highest BCUT2D eigenvalue weighted by Gasteiger charge is 2.34. The van der Waals surface area contributed by atoms with Gasteiger partial charge < -0.3 is 4.74 Å². The summed E-state index contributed by atoms with van der Waals surface area (Å²) in [5.41, 5.74) is 1.70. The van der Waals surface area contributed by atoms with E-state index in [0.29, 0.717) is 6.42 Å². The van der Waals surface area contributed by atoms with Crippen LogP contribution in [0.3, 0.4) is 0 Å². The molecular weight excluding hydrogens is 164 g/mol. The number of hydrogen-bond acceptors (Lipinski definition) is 2.